The van der Waals surface area contributed by atoms with Crippen molar-refractivity contribution in [3.63, 3.8) is 0 Å². The SMILES string of the molecule is Cc1nc([C@]2(C)C[C@@](CC(C)C)(C(=O)O)N[C@H]2c2nccs2)no1. The van der Waals surface area contributed by atoms with E-state index in [-0.39, 0.29) is 12.0 Å². The fourth-order valence-electron chi connectivity index (χ4n) is 3.72. The van der Waals surface area contributed by atoms with Crippen LogP contribution in [0.3, 0.4) is 0 Å². The van der Waals surface area contributed by atoms with Crippen molar-refractivity contribution in [3.8, 4) is 0 Å². The molecule has 2 N–H and O–H groups in total. The molecule has 0 aromatic carbocycles. The third-order valence-electron chi connectivity index (χ3n) is 4.63. The van der Waals surface area contributed by atoms with E-state index in [1.165, 1.54) is 11.3 Å². The first kappa shape index (κ1) is 17.0. The maximum Gasteiger partial charge on any atom is 0.323 e. The van der Waals surface area contributed by atoms with E-state index in [9.17, 15) is 9.90 Å². The number of hydrogen-bond acceptors (Lipinski definition) is 7. The van der Waals surface area contributed by atoms with E-state index < -0.39 is 16.9 Å². The van der Waals surface area contributed by atoms with Gasteiger partial charge in [-0.15, -0.1) is 11.3 Å². The Kier molecular flexibility index (Phi) is 4.21. The molecule has 0 bridgehead atoms. The monoisotopic (exact) mass is 350 g/mol. The highest BCUT2D eigenvalue weighted by atomic mass is 32.1. The van der Waals surface area contributed by atoms with Gasteiger partial charge >= 0.3 is 5.97 Å². The summed E-state index contributed by atoms with van der Waals surface area (Å²) in [6, 6.07) is -0.274. The predicted octanol–water partition coefficient (Wildman–Crippen LogP) is 2.70. The second-order valence-electron chi connectivity index (χ2n) is 7.16. The highest BCUT2D eigenvalue weighted by molar-refractivity contribution is 7.09. The minimum atomic E-state index is -1.03. The van der Waals surface area contributed by atoms with Crippen molar-refractivity contribution in [1.82, 2.24) is 20.4 Å². The van der Waals surface area contributed by atoms with Crippen molar-refractivity contribution in [2.24, 2.45) is 5.92 Å². The van der Waals surface area contributed by atoms with Gasteiger partial charge in [0.2, 0.25) is 5.89 Å². The summed E-state index contributed by atoms with van der Waals surface area (Å²) in [5, 5.41) is 20.2. The van der Waals surface area contributed by atoms with Crippen molar-refractivity contribution < 1.29 is 14.4 Å². The molecule has 24 heavy (non-hydrogen) atoms. The smallest absolute Gasteiger partial charge is 0.323 e. The Morgan fingerprint density at radius 3 is 2.83 bits per heavy atom. The molecule has 2 aromatic heterocycles. The summed E-state index contributed by atoms with van der Waals surface area (Å²) in [6.45, 7) is 7.78. The van der Waals surface area contributed by atoms with Gasteiger partial charge in [-0.3, -0.25) is 10.1 Å². The van der Waals surface area contributed by atoms with Gasteiger partial charge in [-0.05, 0) is 18.8 Å². The minimum Gasteiger partial charge on any atom is -0.480 e. The number of carboxylic acids is 1. The molecular weight excluding hydrogens is 328 g/mol. The topological polar surface area (TPSA) is 101 Å². The number of carboxylic acid groups (broad SMARTS) is 1. The fraction of sp³-hybridized carbons (Fsp3) is 0.625. The summed E-state index contributed by atoms with van der Waals surface area (Å²) in [5.74, 6) is 0.391. The summed E-state index contributed by atoms with van der Waals surface area (Å²) < 4.78 is 5.16. The van der Waals surface area contributed by atoms with Gasteiger partial charge < -0.3 is 9.63 Å². The first-order valence-corrected chi connectivity index (χ1v) is 8.86. The number of aromatic nitrogens is 3. The van der Waals surface area contributed by atoms with Crippen LogP contribution in [0.25, 0.3) is 0 Å². The van der Waals surface area contributed by atoms with Crippen molar-refractivity contribution in [1.29, 1.82) is 0 Å². The molecule has 0 aliphatic carbocycles. The molecule has 3 atom stereocenters. The number of rotatable bonds is 5. The average Bonchev–Trinajstić information content (AvgIpc) is 3.18. The Labute approximate surface area is 144 Å². The minimum absolute atomic E-state index is 0.236. The predicted molar refractivity (Wildman–Crippen MR) is 88.8 cm³/mol. The summed E-state index contributed by atoms with van der Waals surface area (Å²) in [7, 11) is 0. The van der Waals surface area contributed by atoms with E-state index in [4.69, 9.17) is 4.52 Å². The van der Waals surface area contributed by atoms with Crippen LogP contribution >= 0.6 is 11.3 Å². The largest absolute Gasteiger partial charge is 0.480 e. The van der Waals surface area contributed by atoms with E-state index in [1.54, 1.807) is 13.1 Å². The number of nitrogens with zero attached hydrogens (tertiary/aromatic N) is 3. The Morgan fingerprint density at radius 1 is 1.58 bits per heavy atom. The zero-order valence-corrected chi connectivity index (χ0v) is 15.1. The van der Waals surface area contributed by atoms with Gasteiger partial charge in [0, 0.05) is 18.5 Å². The number of aryl methyl sites for hydroxylation is 1. The van der Waals surface area contributed by atoms with Gasteiger partial charge in [0.1, 0.15) is 10.5 Å². The third kappa shape index (κ3) is 2.73. The maximum absolute atomic E-state index is 12.2. The summed E-state index contributed by atoms with van der Waals surface area (Å²) >= 11 is 1.50. The number of aliphatic carboxylic acids is 1. The lowest BCUT2D eigenvalue weighted by Gasteiger charge is -2.27. The second kappa shape index (κ2) is 5.93. The molecule has 3 heterocycles. The molecule has 0 saturated carbocycles. The van der Waals surface area contributed by atoms with Crippen LogP contribution in [0.5, 0.6) is 0 Å². The van der Waals surface area contributed by atoms with Crippen molar-refractivity contribution >= 4 is 17.3 Å². The molecule has 2 aromatic rings. The molecule has 0 spiro atoms. The van der Waals surface area contributed by atoms with Gasteiger partial charge in [0.05, 0.1) is 11.5 Å². The zero-order chi connectivity index (χ0) is 17.5. The quantitative estimate of drug-likeness (QED) is 0.855. The number of carbonyl (C=O) groups is 1. The highest BCUT2D eigenvalue weighted by Crippen LogP contribution is 2.50. The molecule has 1 saturated heterocycles. The molecular formula is C16H22N4O3S. The van der Waals surface area contributed by atoms with Gasteiger partial charge in [0.15, 0.2) is 5.82 Å². The molecule has 7 nitrogen and oxygen atoms in total. The van der Waals surface area contributed by atoms with Crippen LogP contribution in [-0.4, -0.2) is 31.7 Å². The van der Waals surface area contributed by atoms with Crippen molar-refractivity contribution in [2.45, 2.75) is 57.5 Å². The number of hydrogen-bond donors (Lipinski definition) is 2. The summed E-state index contributed by atoms with van der Waals surface area (Å²) in [6.07, 6.45) is 2.64. The Hall–Kier alpha value is -1.80. The molecule has 130 valence electrons. The molecule has 1 fully saturated rings. The molecule has 0 amide bonds. The lowest BCUT2D eigenvalue weighted by atomic mass is 9.75. The van der Waals surface area contributed by atoms with Crippen LogP contribution in [0.15, 0.2) is 16.1 Å². The zero-order valence-electron chi connectivity index (χ0n) is 14.2. The lowest BCUT2D eigenvalue weighted by Crippen LogP contribution is -2.49. The lowest BCUT2D eigenvalue weighted by molar-refractivity contribution is -0.145. The highest BCUT2D eigenvalue weighted by Gasteiger charge is 2.59. The average molecular weight is 350 g/mol. The van der Waals surface area contributed by atoms with Crippen LogP contribution in [0.1, 0.15) is 56.4 Å². The van der Waals surface area contributed by atoms with Gasteiger partial charge in [-0.25, -0.2) is 4.98 Å². The van der Waals surface area contributed by atoms with Gasteiger partial charge in [0.25, 0.3) is 0 Å². The van der Waals surface area contributed by atoms with E-state index in [0.29, 0.717) is 24.6 Å². The number of thiazole rings is 1. The van der Waals surface area contributed by atoms with Gasteiger partial charge in [-0.2, -0.15) is 4.98 Å². The van der Waals surface area contributed by atoms with Crippen LogP contribution in [0.4, 0.5) is 0 Å². The first-order valence-electron chi connectivity index (χ1n) is 7.98. The van der Waals surface area contributed by atoms with Crippen molar-refractivity contribution in [3.05, 3.63) is 28.3 Å². The summed E-state index contributed by atoms with van der Waals surface area (Å²) in [5.41, 5.74) is -1.64. The van der Waals surface area contributed by atoms with Crippen molar-refractivity contribution in [2.75, 3.05) is 0 Å². The van der Waals surface area contributed by atoms with E-state index in [2.05, 4.69) is 20.4 Å². The van der Waals surface area contributed by atoms with Crippen LogP contribution < -0.4 is 5.32 Å². The molecule has 8 heteroatoms. The van der Waals surface area contributed by atoms with Gasteiger partial charge in [-0.1, -0.05) is 25.9 Å². The van der Waals surface area contributed by atoms with Crippen LogP contribution in [0.2, 0.25) is 0 Å². The molecule has 1 aliphatic heterocycles. The first-order chi connectivity index (χ1) is 11.3. The molecule has 0 radical (unpaired) electrons. The fourth-order valence-corrected chi connectivity index (χ4v) is 4.56. The Bertz CT molecular complexity index is 730. The molecule has 1 aliphatic rings. The summed E-state index contributed by atoms with van der Waals surface area (Å²) in [4.78, 5) is 21.0. The van der Waals surface area contributed by atoms with E-state index >= 15 is 0 Å². The standard InChI is InChI=1S/C16H22N4O3S/c1-9(2)7-16(14(21)22)8-15(4,13-18-10(3)23-20-13)11(19-16)12-17-5-6-24-12/h5-6,9,11,19H,7-8H2,1-4H3,(H,21,22)/t11-,15+,16-/m0/s1. The number of nitrogens with one attached hydrogen (secondary N) is 1. The maximum atomic E-state index is 12.2. The van der Waals surface area contributed by atoms with Crippen LogP contribution in [-0.2, 0) is 10.2 Å². The van der Waals surface area contributed by atoms with Crippen LogP contribution in [0, 0.1) is 12.8 Å². The second-order valence-corrected chi connectivity index (χ2v) is 8.09. The van der Waals surface area contributed by atoms with E-state index in [1.807, 2.05) is 26.2 Å². The Balaban J connectivity index is 2.09. The molecule has 3 rings (SSSR count). The van der Waals surface area contributed by atoms with E-state index in [0.717, 1.165) is 5.01 Å². The third-order valence-corrected chi connectivity index (χ3v) is 5.47. The Morgan fingerprint density at radius 2 is 2.33 bits per heavy atom. The normalized spacial score (nSPS) is 30.1. The molecule has 0 unspecified atom stereocenters.